The molecule has 4 aromatic rings. The Hall–Kier alpha value is -2.47. The van der Waals surface area contributed by atoms with Gasteiger partial charge in [-0.1, -0.05) is 30.3 Å². The minimum Gasteiger partial charge on any atom is -0.382 e. The van der Waals surface area contributed by atoms with Gasteiger partial charge in [0.1, 0.15) is 15.2 Å². The van der Waals surface area contributed by atoms with Crippen LogP contribution >= 0.6 is 11.3 Å². The predicted molar refractivity (Wildman–Crippen MR) is 81.5 cm³/mol. The predicted octanol–water partition coefficient (Wildman–Crippen LogP) is 2.83. The maximum Gasteiger partial charge on any atom is 0.175 e. The van der Waals surface area contributed by atoms with E-state index >= 15 is 0 Å². The number of hydrogen-bond acceptors (Lipinski definition) is 5. The van der Waals surface area contributed by atoms with E-state index in [9.17, 15) is 0 Å². The average molecular weight is 281 g/mol. The number of nitrogen functional groups attached to an aromatic ring is 1. The molecular weight excluding hydrogens is 270 g/mol. The van der Waals surface area contributed by atoms with Gasteiger partial charge in [-0.15, -0.1) is 11.3 Å². The lowest BCUT2D eigenvalue weighted by atomic mass is 10.2. The van der Waals surface area contributed by atoms with Crippen LogP contribution in [0.2, 0.25) is 0 Å². The van der Waals surface area contributed by atoms with E-state index in [1.54, 1.807) is 17.7 Å². The van der Waals surface area contributed by atoms with E-state index in [-0.39, 0.29) is 0 Å². The molecule has 0 atom stereocenters. The molecule has 0 bridgehead atoms. The Bertz CT molecular complexity index is 923. The number of rotatable bonds is 1. The fraction of sp³-hybridized carbons (Fsp3) is 0.0714. The third kappa shape index (κ3) is 1.51. The van der Waals surface area contributed by atoms with Crippen LogP contribution in [0.25, 0.3) is 32.0 Å². The first-order valence-corrected chi connectivity index (χ1v) is 6.98. The fourth-order valence-corrected chi connectivity index (χ4v) is 3.40. The number of aromatic nitrogens is 4. The van der Waals surface area contributed by atoms with Crippen LogP contribution < -0.4 is 5.73 Å². The van der Waals surface area contributed by atoms with Gasteiger partial charge in [0.25, 0.3) is 0 Å². The van der Waals surface area contributed by atoms with Gasteiger partial charge in [0.15, 0.2) is 11.5 Å². The molecule has 0 aliphatic heterocycles. The van der Waals surface area contributed by atoms with Crippen molar-refractivity contribution in [1.29, 1.82) is 0 Å². The highest BCUT2D eigenvalue weighted by atomic mass is 32.1. The van der Waals surface area contributed by atoms with E-state index < -0.39 is 0 Å². The molecule has 3 aromatic heterocycles. The molecule has 3 heterocycles. The van der Waals surface area contributed by atoms with Crippen molar-refractivity contribution in [3.05, 3.63) is 36.7 Å². The summed E-state index contributed by atoms with van der Waals surface area (Å²) in [7, 11) is 1.95. The van der Waals surface area contributed by atoms with Gasteiger partial charge >= 0.3 is 0 Å². The Morgan fingerprint density at radius 3 is 2.75 bits per heavy atom. The van der Waals surface area contributed by atoms with Gasteiger partial charge in [-0.05, 0) is 0 Å². The molecule has 0 spiro atoms. The van der Waals surface area contributed by atoms with Crippen LogP contribution in [0.1, 0.15) is 0 Å². The lowest BCUT2D eigenvalue weighted by Gasteiger charge is -1.97. The number of hydrogen-bond donors (Lipinski definition) is 1. The van der Waals surface area contributed by atoms with Crippen molar-refractivity contribution in [2.75, 3.05) is 5.73 Å². The number of anilines is 1. The molecule has 98 valence electrons. The van der Waals surface area contributed by atoms with Gasteiger partial charge in [0, 0.05) is 12.6 Å². The number of imidazole rings is 1. The molecule has 0 fully saturated rings. The van der Waals surface area contributed by atoms with E-state index in [0.717, 1.165) is 26.3 Å². The molecule has 0 unspecified atom stereocenters. The normalized spacial score (nSPS) is 11.4. The number of nitrogens with zero attached hydrogens (tertiary/aromatic N) is 4. The second-order valence-electron chi connectivity index (χ2n) is 4.59. The summed E-state index contributed by atoms with van der Waals surface area (Å²) >= 11 is 1.62. The minimum absolute atomic E-state index is 0.429. The highest BCUT2D eigenvalue weighted by molar-refractivity contribution is 7.22. The van der Waals surface area contributed by atoms with Gasteiger partial charge in [-0.25, -0.2) is 15.0 Å². The topological polar surface area (TPSA) is 69.6 Å². The number of thiazole rings is 1. The van der Waals surface area contributed by atoms with Crippen LogP contribution in [0, 0.1) is 0 Å². The Morgan fingerprint density at radius 2 is 1.95 bits per heavy atom. The zero-order chi connectivity index (χ0) is 13.7. The largest absolute Gasteiger partial charge is 0.382 e. The molecule has 6 heteroatoms. The van der Waals surface area contributed by atoms with Crippen LogP contribution in [0.15, 0.2) is 36.7 Å². The van der Waals surface area contributed by atoms with Crippen LogP contribution in [-0.2, 0) is 7.05 Å². The molecule has 0 aliphatic carbocycles. The molecule has 20 heavy (non-hydrogen) atoms. The molecule has 0 saturated heterocycles. The summed E-state index contributed by atoms with van der Waals surface area (Å²) in [6.07, 6.45) is 1.75. The van der Waals surface area contributed by atoms with E-state index in [4.69, 9.17) is 5.73 Å². The van der Waals surface area contributed by atoms with Crippen LogP contribution in [0.5, 0.6) is 0 Å². The van der Waals surface area contributed by atoms with Crippen molar-refractivity contribution < 1.29 is 0 Å². The van der Waals surface area contributed by atoms with Gasteiger partial charge < -0.3 is 10.3 Å². The first kappa shape index (κ1) is 11.4. The second-order valence-corrected chi connectivity index (χ2v) is 5.59. The maximum absolute atomic E-state index is 5.96. The zero-order valence-electron chi connectivity index (χ0n) is 10.7. The lowest BCUT2D eigenvalue weighted by molar-refractivity contribution is 0.951. The van der Waals surface area contributed by atoms with Gasteiger partial charge in [-0.2, -0.15) is 0 Å². The summed E-state index contributed by atoms with van der Waals surface area (Å²) in [6, 6.07) is 10.1. The van der Waals surface area contributed by atoms with E-state index in [1.165, 1.54) is 0 Å². The standard InChI is InChI=1S/C14H11N5S/c1-19-7-16-9-10(19)11-13(17-12(9)15)18-14(20-11)8-5-3-2-4-6-8/h2-7H,1H3,(H2,15,17). The van der Waals surface area contributed by atoms with Gasteiger partial charge in [0.2, 0.25) is 0 Å². The van der Waals surface area contributed by atoms with Crippen molar-refractivity contribution >= 4 is 38.5 Å². The Labute approximate surface area is 118 Å². The summed E-state index contributed by atoms with van der Waals surface area (Å²) in [5.41, 5.74) is 9.46. The van der Waals surface area contributed by atoms with Gasteiger partial charge in [0.05, 0.1) is 11.8 Å². The van der Waals surface area contributed by atoms with Crippen molar-refractivity contribution in [1.82, 2.24) is 19.5 Å². The fourth-order valence-electron chi connectivity index (χ4n) is 2.30. The van der Waals surface area contributed by atoms with Crippen molar-refractivity contribution in [3.8, 4) is 10.6 Å². The first-order valence-electron chi connectivity index (χ1n) is 6.16. The van der Waals surface area contributed by atoms with E-state index in [2.05, 4.69) is 15.0 Å². The average Bonchev–Trinajstić information content (AvgIpc) is 3.04. The van der Waals surface area contributed by atoms with Crippen LogP contribution in [0.4, 0.5) is 5.82 Å². The van der Waals surface area contributed by atoms with Crippen LogP contribution in [0.3, 0.4) is 0 Å². The third-order valence-electron chi connectivity index (χ3n) is 3.25. The molecule has 1 aromatic carbocycles. The van der Waals surface area contributed by atoms with E-state index in [0.29, 0.717) is 11.5 Å². The maximum atomic E-state index is 5.96. The van der Waals surface area contributed by atoms with Gasteiger partial charge in [-0.3, -0.25) is 0 Å². The summed E-state index contributed by atoms with van der Waals surface area (Å²) in [4.78, 5) is 13.3. The molecule has 2 N–H and O–H groups in total. The second kappa shape index (κ2) is 4.01. The molecular formula is C14H11N5S. The summed E-state index contributed by atoms with van der Waals surface area (Å²) in [5.74, 6) is 0.429. The zero-order valence-corrected chi connectivity index (χ0v) is 11.6. The number of benzene rings is 1. The number of aryl methyl sites for hydroxylation is 1. The van der Waals surface area contributed by atoms with Crippen molar-refractivity contribution in [3.63, 3.8) is 0 Å². The Kier molecular flexibility index (Phi) is 2.28. The summed E-state index contributed by atoms with van der Waals surface area (Å²) in [5, 5.41) is 0.946. The molecule has 0 saturated carbocycles. The van der Waals surface area contributed by atoms with Crippen molar-refractivity contribution in [2.24, 2.45) is 7.05 Å². The molecule has 0 radical (unpaired) electrons. The first-order chi connectivity index (χ1) is 9.74. The number of fused-ring (bicyclic) bond motifs is 3. The monoisotopic (exact) mass is 281 g/mol. The minimum atomic E-state index is 0.429. The smallest absolute Gasteiger partial charge is 0.175 e. The van der Waals surface area contributed by atoms with Crippen molar-refractivity contribution in [2.45, 2.75) is 0 Å². The molecule has 0 amide bonds. The summed E-state index contributed by atoms with van der Waals surface area (Å²) in [6.45, 7) is 0. The number of pyridine rings is 1. The summed E-state index contributed by atoms with van der Waals surface area (Å²) < 4.78 is 2.98. The lowest BCUT2D eigenvalue weighted by Crippen LogP contribution is -1.93. The molecule has 0 aliphatic rings. The van der Waals surface area contributed by atoms with Crippen LogP contribution in [-0.4, -0.2) is 19.5 Å². The third-order valence-corrected chi connectivity index (χ3v) is 4.35. The number of nitrogens with two attached hydrogens (primary N) is 1. The Balaban J connectivity index is 2.09. The highest BCUT2D eigenvalue weighted by Crippen LogP contribution is 2.34. The SMILES string of the molecule is Cn1cnc2c(N)nc3nc(-c4ccccc4)sc3c21. The van der Waals surface area contributed by atoms with E-state index in [1.807, 2.05) is 41.9 Å². The quantitative estimate of drug-likeness (QED) is 0.582. The molecule has 5 nitrogen and oxygen atoms in total. The Morgan fingerprint density at radius 1 is 1.15 bits per heavy atom. The molecule has 4 rings (SSSR count). The highest BCUT2D eigenvalue weighted by Gasteiger charge is 2.15.